The number of benzene rings is 2. The van der Waals surface area contributed by atoms with Gasteiger partial charge in [-0.15, -0.1) is 0 Å². The first-order valence-electron chi connectivity index (χ1n) is 20.8. The summed E-state index contributed by atoms with van der Waals surface area (Å²) in [6.07, 6.45) is 4.60. The summed E-state index contributed by atoms with van der Waals surface area (Å²) in [5.74, 6) is -2.13. The molecule has 0 aliphatic carbocycles. The first-order chi connectivity index (χ1) is 29.3. The van der Waals surface area contributed by atoms with Crippen molar-refractivity contribution in [3.05, 3.63) is 75.2 Å². The second kappa shape index (κ2) is 15.6. The standard InChI is InChI=1S/C44H50F2N8O7/c1-49-24-30(28-22-37(47-23-29(28)41(49)57)53-16-18-61-19-17-53)27-20-35(59-3)31(36(21-27)60-4)25-51-13-10-43(44(45,46)26-51)11-14-52(15-12-43)32-6-5-7-33-39(32)50(2)42(58)54(33)34-8-9-38(55)48-40(34)56/h5-7,20-24,34H,8-19,25-26H2,1-4H3,(H,48,55,56). The van der Waals surface area contributed by atoms with Crippen LogP contribution < -0.4 is 35.8 Å². The van der Waals surface area contributed by atoms with E-state index in [1.54, 1.807) is 51.7 Å². The number of aromatic nitrogens is 4. The van der Waals surface area contributed by atoms with Gasteiger partial charge in [0.25, 0.3) is 11.5 Å². The van der Waals surface area contributed by atoms with E-state index in [9.17, 15) is 19.2 Å². The van der Waals surface area contributed by atoms with Crippen LogP contribution in [-0.4, -0.2) is 108 Å². The van der Waals surface area contributed by atoms with E-state index in [2.05, 4.69) is 20.1 Å². The Morgan fingerprint density at radius 2 is 1.61 bits per heavy atom. The molecule has 1 spiro atoms. The highest BCUT2D eigenvalue weighted by atomic mass is 19.3. The Bertz CT molecular complexity index is 2650. The Hall–Kier alpha value is -5.81. The minimum absolute atomic E-state index is 0.136. The normalized spacial score (nSPS) is 20.7. The van der Waals surface area contributed by atoms with E-state index in [-0.39, 0.29) is 49.4 Å². The van der Waals surface area contributed by atoms with Crippen LogP contribution in [0.4, 0.5) is 20.3 Å². The fourth-order valence-corrected chi connectivity index (χ4v) is 9.98. The first-order valence-corrected chi connectivity index (χ1v) is 20.8. The number of anilines is 2. The predicted molar refractivity (Wildman–Crippen MR) is 226 cm³/mol. The second-order valence-corrected chi connectivity index (χ2v) is 16.8. The number of carbonyl (C=O) groups excluding carboxylic acids is 2. The highest BCUT2D eigenvalue weighted by molar-refractivity contribution is 6.01. The van der Waals surface area contributed by atoms with Gasteiger partial charge in [0.05, 0.1) is 61.6 Å². The third kappa shape index (κ3) is 6.91. The lowest BCUT2D eigenvalue weighted by Gasteiger charge is -2.51. The minimum atomic E-state index is -2.99. The molecule has 4 fully saturated rings. The number of imide groups is 1. The molecule has 0 radical (unpaired) electrons. The number of likely N-dealkylation sites (tertiary alicyclic amines) is 1. The number of amides is 2. The molecule has 1 atom stereocenters. The molecule has 4 saturated heterocycles. The number of ether oxygens (including phenoxy) is 3. The number of halogens is 2. The van der Waals surface area contributed by atoms with Gasteiger partial charge in [0, 0.05) is 82.0 Å². The number of nitrogens with zero attached hydrogens (tertiary/aromatic N) is 7. The van der Waals surface area contributed by atoms with Crippen LogP contribution in [0.5, 0.6) is 11.5 Å². The molecule has 0 bridgehead atoms. The lowest BCUT2D eigenvalue weighted by Crippen LogP contribution is -2.59. The molecule has 17 heteroatoms. The lowest BCUT2D eigenvalue weighted by molar-refractivity contribution is -0.179. The van der Waals surface area contributed by atoms with Crippen molar-refractivity contribution in [2.45, 2.75) is 50.6 Å². The summed E-state index contributed by atoms with van der Waals surface area (Å²) in [5.41, 5.74) is 2.38. The Morgan fingerprint density at radius 3 is 2.28 bits per heavy atom. The van der Waals surface area contributed by atoms with Gasteiger partial charge in [0.1, 0.15) is 23.4 Å². The average Bonchev–Trinajstić information content (AvgIpc) is 3.52. The number of fused-ring (bicyclic) bond motifs is 2. The number of nitrogens with one attached hydrogen (secondary N) is 1. The Kier molecular flexibility index (Phi) is 10.4. The van der Waals surface area contributed by atoms with Crippen LogP contribution >= 0.6 is 0 Å². The number of alkyl halides is 2. The van der Waals surface area contributed by atoms with Crippen molar-refractivity contribution in [2.75, 3.05) is 76.5 Å². The number of imidazole rings is 1. The van der Waals surface area contributed by atoms with Gasteiger partial charge in [-0.05, 0) is 68.1 Å². The maximum absolute atomic E-state index is 16.6. The molecule has 2 aromatic carbocycles. The number of hydrogen-bond acceptors (Lipinski definition) is 11. The molecule has 2 amide bonds. The monoisotopic (exact) mass is 840 g/mol. The van der Waals surface area contributed by atoms with Crippen molar-refractivity contribution in [1.29, 1.82) is 0 Å². The molecule has 61 heavy (non-hydrogen) atoms. The zero-order valence-corrected chi connectivity index (χ0v) is 34.8. The smallest absolute Gasteiger partial charge is 0.329 e. The Balaban J connectivity index is 0.943. The molecule has 3 aromatic heterocycles. The summed E-state index contributed by atoms with van der Waals surface area (Å²) in [6.45, 7) is 3.52. The van der Waals surface area contributed by atoms with Crippen LogP contribution in [0.3, 0.4) is 0 Å². The molecule has 9 rings (SSSR count). The molecule has 7 heterocycles. The van der Waals surface area contributed by atoms with E-state index in [4.69, 9.17) is 14.2 Å². The summed E-state index contributed by atoms with van der Waals surface area (Å²) < 4.78 is 55.1. The Morgan fingerprint density at radius 1 is 0.902 bits per heavy atom. The Labute approximate surface area is 350 Å². The topological polar surface area (TPSA) is 145 Å². The van der Waals surface area contributed by atoms with Crippen LogP contribution in [0.25, 0.3) is 32.9 Å². The largest absolute Gasteiger partial charge is 0.496 e. The van der Waals surface area contributed by atoms with Crippen LogP contribution in [0.2, 0.25) is 0 Å². The third-order valence-electron chi connectivity index (χ3n) is 13.5. The van der Waals surface area contributed by atoms with Gasteiger partial charge in [0.15, 0.2) is 0 Å². The molecule has 15 nitrogen and oxygen atoms in total. The number of pyridine rings is 2. The fraction of sp³-hybridized carbons (Fsp3) is 0.477. The van der Waals surface area contributed by atoms with Gasteiger partial charge in [0.2, 0.25) is 11.8 Å². The number of hydrogen-bond donors (Lipinski definition) is 1. The van der Waals surface area contributed by atoms with Crippen molar-refractivity contribution < 1.29 is 32.6 Å². The fourth-order valence-electron chi connectivity index (χ4n) is 9.98. The van der Waals surface area contributed by atoms with Gasteiger partial charge in [-0.3, -0.25) is 33.7 Å². The molecule has 5 aromatic rings. The molecule has 322 valence electrons. The number of rotatable bonds is 8. The zero-order chi connectivity index (χ0) is 42.8. The summed E-state index contributed by atoms with van der Waals surface area (Å²) >= 11 is 0. The highest BCUT2D eigenvalue weighted by Crippen LogP contribution is 2.52. The van der Waals surface area contributed by atoms with Crippen molar-refractivity contribution in [3.63, 3.8) is 0 Å². The molecule has 0 saturated carbocycles. The van der Waals surface area contributed by atoms with E-state index < -0.39 is 29.8 Å². The number of para-hydroxylation sites is 1. The van der Waals surface area contributed by atoms with Gasteiger partial charge in [-0.25, -0.2) is 18.6 Å². The van der Waals surface area contributed by atoms with Crippen LogP contribution in [0, 0.1) is 5.41 Å². The minimum Gasteiger partial charge on any atom is -0.496 e. The summed E-state index contributed by atoms with van der Waals surface area (Å²) in [4.78, 5) is 62.0. The number of piperidine rings is 3. The number of methoxy groups -OCH3 is 2. The van der Waals surface area contributed by atoms with Crippen molar-refractivity contribution >= 4 is 45.1 Å². The summed E-state index contributed by atoms with van der Waals surface area (Å²) in [7, 11) is 6.45. The molecule has 1 N–H and O–H groups in total. The van der Waals surface area contributed by atoms with E-state index in [1.165, 1.54) is 13.7 Å². The number of carbonyl (C=O) groups is 2. The third-order valence-corrected chi connectivity index (χ3v) is 13.5. The van der Waals surface area contributed by atoms with Gasteiger partial charge >= 0.3 is 5.69 Å². The lowest BCUT2D eigenvalue weighted by atomic mass is 9.68. The average molecular weight is 841 g/mol. The molecular weight excluding hydrogens is 791 g/mol. The predicted octanol–water partition coefficient (Wildman–Crippen LogP) is 4.21. The van der Waals surface area contributed by atoms with E-state index in [0.717, 1.165) is 28.0 Å². The van der Waals surface area contributed by atoms with E-state index in [0.29, 0.717) is 85.8 Å². The first kappa shape index (κ1) is 40.6. The van der Waals surface area contributed by atoms with Crippen molar-refractivity contribution in [1.82, 2.24) is 28.9 Å². The zero-order valence-electron chi connectivity index (χ0n) is 34.8. The summed E-state index contributed by atoms with van der Waals surface area (Å²) in [6, 6.07) is 10.4. The maximum atomic E-state index is 16.6. The molecular formula is C44H50F2N8O7. The second-order valence-electron chi connectivity index (χ2n) is 16.8. The van der Waals surface area contributed by atoms with Crippen molar-refractivity contribution in [2.24, 2.45) is 19.5 Å². The SMILES string of the molecule is COc1cc(-c2cn(C)c(=O)c3cnc(N4CCOCC4)cc23)cc(OC)c1CN1CCC2(CCN(c3cccc4c3n(C)c(=O)n4C3CCC(=O)NC3=O)CC2)C(F)(F)C1. The number of morpholine rings is 1. The summed E-state index contributed by atoms with van der Waals surface area (Å²) in [5, 5.41) is 3.55. The van der Waals surface area contributed by atoms with Gasteiger partial charge in [-0.2, -0.15) is 0 Å². The quantitative estimate of drug-likeness (QED) is 0.225. The van der Waals surface area contributed by atoms with Crippen LogP contribution in [0.15, 0.2) is 58.4 Å². The molecule has 1 unspecified atom stereocenters. The molecule has 4 aliphatic heterocycles. The highest BCUT2D eigenvalue weighted by Gasteiger charge is 2.57. The number of aryl methyl sites for hydroxylation is 2. The van der Waals surface area contributed by atoms with Gasteiger partial charge < -0.3 is 28.6 Å². The molecule has 4 aliphatic rings. The van der Waals surface area contributed by atoms with E-state index in [1.807, 2.05) is 30.3 Å². The van der Waals surface area contributed by atoms with Crippen molar-refractivity contribution in [3.8, 4) is 22.6 Å². The van der Waals surface area contributed by atoms with Crippen LogP contribution in [-0.2, 0) is 35.0 Å². The maximum Gasteiger partial charge on any atom is 0.329 e. The van der Waals surface area contributed by atoms with Gasteiger partial charge in [-0.1, -0.05) is 6.07 Å². The van der Waals surface area contributed by atoms with E-state index >= 15 is 8.78 Å². The van der Waals surface area contributed by atoms with Crippen LogP contribution in [0.1, 0.15) is 43.7 Å².